The van der Waals surface area contributed by atoms with Gasteiger partial charge < -0.3 is 14.8 Å². The Balaban J connectivity index is 1.22. The van der Waals surface area contributed by atoms with Crippen LogP contribution in [-0.2, 0) is 4.79 Å². The first-order valence-electron chi connectivity index (χ1n) is 10.4. The third-order valence-electron chi connectivity index (χ3n) is 5.14. The van der Waals surface area contributed by atoms with Gasteiger partial charge in [0, 0.05) is 16.3 Å². The van der Waals surface area contributed by atoms with Crippen molar-refractivity contribution in [1.29, 1.82) is 0 Å². The molecule has 0 radical (unpaired) electrons. The highest BCUT2D eigenvalue weighted by Crippen LogP contribution is 2.32. The highest BCUT2D eigenvalue weighted by molar-refractivity contribution is 8.00. The number of nitrogens with one attached hydrogen (secondary N) is 1. The number of aromatic nitrogens is 2. The number of para-hydroxylation sites is 2. The van der Waals surface area contributed by atoms with E-state index in [1.807, 2.05) is 78.9 Å². The number of nitrogens with zero attached hydrogens (tertiary/aromatic N) is 2. The van der Waals surface area contributed by atoms with Gasteiger partial charge >= 0.3 is 0 Å². The predicted molar refractivity (Wildman–Crippen MR) is 125 cm³/mol. The molecule has 1 N–H and O–H groups in total. The smallest absolute Gasteiger partial charge is 0.230 e. The van der Waals surface area contributed by atoms with Crippen molar-refractivity contribution in [2.24, 2.45) is 0 Å². The molecule has 32 heavy (non-hydrogen) atoms. The summed E-state index contributed by atoms with van der Waals surface area (Å²) in [5.74, 6) is 1.59. The van der Waals surface area contributed by atoms with E-state index < -0.39 is 0 Å². The minimum Gasteiger partial charge on any atom is -0.486 e. The fraction of sp³-hybridized carbons (Fsp3) is 0.160. The molecule has 0 fully saturated rings. The summed E-state index contributed by atoms with van der Waals surface area (Å²) < 4.78 is 11.6. The van der Waals surface area contributed by atoms with Crippen LogP contribution in [0.2, 0.25) is 0 Å². The predicted octanol–water partition coefficient (Wildman–Crippen LogP) is 4.35. The van der Waals surface area contributed by atoms with E-state index in [9.17, 15) is 4.79 Å². The van der Waals surface area contributed by atoms with E-state index in [0.29, 0.717) is 18.9 Å². The van der Waals surface area contributed by atoms with E-state index >= 15 is 0 Å². The summed E-state index contributed by atoms with van der Waals surface area (Å²) in [5.41, 5.74) is 1.85. The van der Waals surface area contributed by atoms with Crippen molar-refractivity contribution in [3.05, 3.63) is 78.9 Å². The van der Waals surface area contributed by atoms with Crippen molar-refractivity contribution in [2.75, 3.05) is 18.9 Å². The number of benzene rings is 3. The molecule has 0 spiro atoms. The van der Waals surface area contributed by atoms with Gasteiger partial charge in [0.15, 0.2) is 11.5 Å². The van der Waals surface area contributed by atoms with E-state index in [1.54, 1.807) is 0 Å². The van der Waals surface area contributed by atoms with Gasteiger partial charge in [-0.1, -0.05) is 78.5 Å². The number of carbonyl (C=O) groups excluding carboxylic acids is 1. The summed E-state index contributed by atoms with van der Waals surface area (Å²) in [6.45, 7) is 0.786. The van der Waals surface area contributed by atoms with Crippen LogP contribution in [0.4, 0.5) is 0 Å². The van der Waals surface area contributed by atoms with Gasteiger partial charge in [-0.05, 0) is 12.1 Å². The number of rotatable bonds is 6. The molecule has 0 aliphatic carbocycles. The maximum Gasteiger partial charge on any atom is 0.230 e. The number of fused-ring (bicyclic) bond motifs is 2. The average Bonchev–Trinajstić information content (AvgIpc) is 2.86. The first-order valence-corrected chi connectivity index (χ1v) is 11.4. The molecule has 3 aromatic carbocycles. The molecule has 1 atom stereocenters. The van der Waals surface area contributed by atoms with Crippen molar-refractivity contribution in [2.45, 2.75) is 11.1 Å². The average molecular weight is 444 g/mol. The summed E-state index contributed by atoms with van der Waals surface area (Å²) in [6, 6.07) is 25.5. The number of hydrogen-bond donors (Lipinski definition) is 1. The Bertz CT molecular complexity index is 1250. The van der Waals surface area contributed by atoms with Gasteiger partial charge in [0.2, 0.25) is 5.91 Å². The standard InChI is InChI=1S/C25H21N3O3S/c29-23(26-14-18-15-30-21-12-6-7-13-22(21)31-18)16-32-25-20-11-5-4-10-19(20)24(27-28-25)17-8-2-1-3-9-17/h1-13,18H,14-16H2,(H,26,29). The quantitative estimate of drug-likeness (QED) is 0.447. The Morgan fingerprint density at radius 1 is 0.906 bits per heavy atom. The number of thioether (sulfide) groups is 1. The van der Waals surface area contributed by atoms with Crippen molar-refractivity contribution in [3.63, 3.8) is 0 Å². The Kier molecular flexibility index (Phi) is 5.89. The molecular weight excluding hydrogens is 422 g/mol. The van der Waals surface area contributed by atoms with E-state index in [0.717, 1.165) is 32.8 Å². The van der Waals surface area contributed by atoms with Crippen LogP contribution in [0.5, 0.6) is 11.5 Å². The molecule has 4 aromatic rings. The topological polar surface area (TPSA) is 73.3 Å². The number of carbonyl (C=O) groups is 1. The molecule has 1 aliphatic heterocycles. The van der Waals surface area contributed by atoms with Crippen molar-refractivity contribution in [1.82, 2.24) is 15.5 Å². The van der Waals surface area contributed by atoms with Gasteiger partial charge in [-0.3, -0.25) is 4.79 Å². The Hall–Kier alpha value is -3.58. The summed E-state index contributed by atoms with van der Waals surface area (Å²) in [6.07, 6.45) is -0.218. The molecular formula is C25H21N3O3S. The lowest BCUT2D eigenvalue weighted by atomic mass is 10.1. The van der Waals surface area contributed by atoms with Gasteiger partial charge in [-0.25, -0.2) is 0 Å². The molecule has 160 valence electrons. The second-order valence-electron chi connectivity index (χ2n) is 7.36. The summed E-state index contributed by atoms with van der Waals surface area (Å²) in [7, 11) is 0. The Labute approximate surface area is 190 Å². The molecule has 1 aromatic heterocycles. The number of hydrogen-bond acceptors (Lipinski definition) is 6. The van der Waals surface area contributed by atoms with Gasteiger partial charge in [0.05, 0.1) is 12.3 Å². The molecule has 0 bridgehead atoms. The van der Waals surface area contributed by atoms with E-state index in [1.165, 1.54) is 11.8 Å². The molecule has 1 amide bonds. The lowest BCUT2D eigenvalue weighted by Gasteiger charge is -2.26. The van der Waals surface area contributed by atoms with Gasteiger partial charge in [-0.2, -0.15) is 0 Å². The monoisotopic (exact) mass is 443 g/mol. The molecule has 5 rings (SSSR count). The van der Waals surface area contributed by atoms with Crippen LogP contribution in [0.15, 0.2) is 83.9 Å². The molecule has 1 unspecified atom stereocenters. The normalized spacial score (nSPS) is 14.8. The molecule has 7 heteroatoms. The molecule has 2 heterocycles. The minimum absolute atomic E-state index is 0.0875. The lowest BCUT2D eigenvalue weighted by Crippen LogP contribution is -2.41. The lowest BCUT2D eigenvalue weighted by molar-refractivity contribution is -0.119. The van der Waals surface area contributed by atoms with E-state index in [-0.39, 0.29) is 17.8 Å². The zero-order valence-electron chi connectivity index (χ0n) is 17.2. The molecule has 6 nitrogen and oxygen atoms in total. The fourth-order valence-electron chi connectivity index (χ4n) is 3.57. The number of amides is 1. The Morgan fingerprint density at radius 3 is 2.47 bits per heavy atom. The number of ether oxygens (including phenoxy) is 2. The van der Waals surface area contributed by atoms with Crippen molar-refractivity contribution >= 4 is 28.4 Å². The largest absolute Gasteiger partial charge is 0.486 e. The second-order valence-corrected chi connectivity index (χ2v) is 8.32. The Morgan fingerprint density at radius 2 is 1.62 bits per heavy atom. The fourth-order valence-corrected chi connectivity index (χ4v) is 4.37. The van der Waals surface area contributed by atoms with E-state index in [4.69, 9.17) is 9.47 Å². The third-order valence-corrected chi connectivity index (χ3v) is 6.12. The van der Waals surface area contributed by atoms with Gasteiger partial charge in [0.25, 0.3) is 0 Å². The minimum atomic E-state index is -0.218. The maximum atomic E-state index is 12.5. The van der Waals surface area contributed by atoms with Crippen LogP contribution in [0.3, 0.4) is 0 Å². The molecule has 1 aliphatic rings. The van der Waals surface area contributed by atoms with E-state index in [2.05, 4.69) is 15.5 Å². The van der Waals surface area contributed by atoms with Crippen LogP contribution < -0.4 is 14.8 Å². The summed E-state index contributed by atoms with van der Waals surface area (Å²) in [4.78, 5) is 12.5. The first-order chi connectivity index (χ1) is 15.8. The first kappa shape index (κ1) is 20.3. The van der Waals surface area contributed by atoms with Gasteiger partial charge in [-0.15, -0.1) is 10.2 Å². The van der Waals surface area contributed by atoms with Crippen molar-refractivity contribution in [3.8, 4) is 22.8 Å². The molecule has 0 saturated carbocycles. The second kappa shape index (κ2) is 9.28. The SMILES string of the molecule is O=C(CSc1nnc(-c2ccccc2)c2ccccc12)NCC1COc2ccccc2O1. The maximum absolute atomic E-state index is 12.5. The highest BCUT2D eigenvalue weighted by atomic mass is 32.2. The molecule has 0 saturated heterocycles. The van der Waals surface area contributed by atoms with Crippen molar-refractivity contribution < 1.29 is 14.3 Å². The summed E-state index contributed by atoms with van der Waals surface area (Å²) in [5, 5.41) is 14.5. The summed E-state index contributed by atoms with van der Waals surface area (Å²) >= 11 is 1.38. The zero-order chi connectivity index (χ0) is 21.8. The van der Waals surface area contributed by atoms with Crippen LogP contribution in [0.25, 0.3) is 22.0 Å². The van der Waals surface area contributed by atoms with Crippen LogP contribution in [0.1, 0.15) is 0 Å². The third kappa shape index (κ3) is 4.38. The van der Waals surface area contributed by atoms with Crippen LogP contribution in [-0.4, -0.2) is 41.1 Å². The van der Waals surface area contributed by atoms with Crippen LogP contribution >= 0.6 is 11.8 Å². The van der Waals surface area contributed by atoms with Crippen LogP contribution in [0, 0.1) is 0 Å². The van der Waals surface area contributed by atoms with Gasteiger partial charge in [0.1, 0.15) is 23.4 Å². The zero-order valence-corrected chi connectivity index (χ0v) is 18.0. The highest BCUT2D eigenvalue weighted by Gasteiger charge is 2.21.